The summed E-state index contributed by atoms with van der Waals surface area (Å²) >= 11 is 7.61. The van der Waals surface area contributed by atoms with Crippen molar-refractivity contribution < 1.29 is 0 Å². The molecule has 1 aromatic heterocycles. The molecule has 1 aromatic carbocycles. The minimum atomic E-state index is 0.728. The number of thiazole rings is 1. The van der Waals surface area contributed by atoms with Gasteiger partial charge < -0.3 is 4.57 Å². The number of nitrogens with zero attached hydrogens (tertiary/aromatic N) is 3. The van der Waals surface area contributed by atoms with Crippen molar-refractivity contribution >= 4 is 39.9 Å². The molecule has 72 valence electrons. The molecule has 2 aromatic rings. The van der Waals surface area contributed by atoms with Gasteiger partial charge in [-0.1, -0.05) is 29.0 Å². The fourth-order valence-electron chi connectivity index (χ4n) is 1.31. The third kappa shape index (κ3) is 1.36. The molecule has 0 saturated heterocycles. The number of para-hydroxylation sites is 1. The van der Waals surface area contributed by atoms with Crippen molar-refractivity contribution in [1.82, 2.24) is 4.57 Å². The predicted octanol–water partition coefficient (Wildman–Crippen LogP) is 2.41. The van der Waals surface area contributed by atoms with Crippen molar-refractivity contribution in [3.8, 4) is 0 Å². The minimum Gasteiger partial charge on any atom is -0.317 e. The largest absolute Gasteiger partial charge is 0.317 e. The Bertz CT molecular complexity index is 553. The van der Waals surface area contributed by atoms with E-state index < -0.39 is 0 Å². The molecule has 5 heteroatoms. The van der Waals surface area contributed by atoms with Gasteiger partial charge in [-0.15, -0.1) is 5.10 Å². The molecule has 3 nitrogen and oxygen atoms in total. The lowest BCUT2D eigenvalue weighted by atomic mass is 10.3. The first-order valence-corrected chi connectivity index (χ1v) is 5.17. The van der Waals surface area contributed by atoms with Crippen LogP contribution in [0.1, 0.15) is 0 Å². The molecule has 0 fully saturated rings. The molecule has 2 rings (SSSR count). The van der Waals surface area contributed by atoms with Crippen molar-refractivity contribution in [1.29, 1.82) is 0 Å². The van der Waals surface area contributed by atoms with Gasteiger partial charge in [-0.2, -0.15) is 5.10 Å². The molecule has 1 heterocycles. The molecule has 0 amide bonds. The summed E-state index contributed by atoms with van der Waals surface area (Å²) in [6, 6.07) is 5.79. The van der Waals surface area contributed by atoms with Crippen molar-refractivity contribution in [3.05, 3.63) is 28.0 Å². The Morgan fingerprint density at radius 3 is 2.93 bits per heavy atom. The maximum Gasteiger partial charge on any atom is 0.211 e. The van der Waals surface area contributed by atoms with E-state index in [2.05, 4.69) is 16.9 Å². The minimum absolute atomic E-state index is 0.728. The molecule has 0 aliphatic rings. The van der Waals surface area contributed by atoms with E-state index in [1.807, 2.05) is 29.8 Å². The highest BCUT2D eigenvalue weighted by Gasteiger charge is 2.05. The van der Waals surface area contributed by atoms with Crippen LogP contribution >= 0.6 is 22.9 Å². The van der Waals surface area contributed by atoms with Crippen molar-refractivity contribution in [2.24, 2.45) is 17.3 Å². The van der Waals surface area contributed by atoms with Gasteiger partial charge in [0.2, 0.25) is 4.80 Å². The highest BCUT2D eigenvalue weighted by molar-refractivity contribution is 7.16. The maximum atomic E-state index is 6.07. The number of hydrogen-bond acceptors (Lipinski definition) is 3. The van der Waals surface area contributed by atoms with Crippen LogP contribution in [-0.4, -0.2) is 11.3 Å². The van der Waals surface area contributed by atoms with Gasteiger partial charge in [-0.25, -0.2) is 0 Å². The number of fused-ring (bicyclic) bond motifs is 1. The Morgan fingerprint density at radius 2 is 2.29 bits per heavy atom. The third-order valence-corrected chi connectivity index (χ3v) is 3.32. The second-order valence-electron chi connectivity index (χ2n) is 2.77. The molecule has 0 spiro atoms. The fourth-order valence-corrected chi connectivity index (χ4v) is 2.68. The van der Waals surface area contributed by atoms with E-state index in [1.165, 1.54) is 0 Å². The summed E-state index contributed by atoms with van der Waals surface area (Å²) in [5, 5.41) is 8.16. The first kappa shape index (κ1) is 9.43. The molecular weight excluding hydrogens is 218 g/mol. The molecule has 14 heavy (non-hydrogen) atoms. The van der Waals surface area contributed by atoms with E-state index in [0.717, 1.165) is 20.0 Å². The normalized spacial score (nSPS) is 12.3. The van der Waals surface area contributed by atoms with Crippen molar-refractivity contribution in [2.45, 2.75) is 0 Å². The number of hydrogen-bond donors (Lipinski definition) is 0. The van der Waals surface area contributed by atoms with E-state index >= 15 is 0 Å². The molecule has 0 atom stereocenters. The maximum absolute atomic E-state index is 6.07. The molecule has 0 bridgehead atoms. The lowest BCUT2D eigenvalue weighted by Gasteiger charge is -1.96. The molecule has 0 saturated carbocycles. The molecular formula is C9H8ClN3S. The summed E-state index contributed by atoms with van der Waals surface area (Å²) in [6.07, 6.45) is 0. The first-order chi connectivity index (χ1) is 6.74. The second kappa shape index (κ2) is 3.55. The molecule has 0 aliphatic heterocycles. The fraction of sp³-hybridized carbons (Fsp3) is 0.111. The number of halogens is 1. The standard InChI is InChI=1S/C9H8ClN3S/c1-11-12-9-13(2)8-6(10)4-3-5-7(8)14-9/h3-5H,1H2,2H3/b12-9-. The van der Waals surface area contributed by atoms with E-state index in [-0.39, 0.29) is 0 Å². The molecule has 0 aliphatic carbocycles. The SMILES string of the molecule is C=N/N=c1\sc2cccc(Cl)c2n1C. The summed E-state index contributed by atoms with van der Waals surface area (Å²) in [5.74, 6) is 0. The van der Waals surface area contributed by atoms with Crippen LogP contribution in [0.15, 0.2) is 28.4 Å². The quantitative estimate of drug-likeness (QED) is 0.527. The zero-order chi connectivity index (χ0) is 10.1. The predicted molar refractivity (Wildman–Crippen MR) is 60.9 cm³/mol. The lowest BCUT2D eigenvalue weighted by Crippen LogP contribution is -2.08. The van der Waals surface area contributed by atoms with Gasteiger partial charge in [0.05, 0.1) is 15.2 Å². The van der Waals surface area contributed by atoms with E-state index in [9.17, 15) is 0 Å². The van der Waals surface area contributed by atoms with E-state index in [1.54, 1.807) is 11.3 Å². The molecule has 0 N–H and O–H groups in total. The van der Waals surface area contributed by atoms with Gasteiger partial charge in [-0.05, 0) is 12.1 Å². The molecule has 0 radical (unpaired) electrons. The summed E-state index contributed by atoms with van der Waals surface area (Å²) in [7, 11) is 1.91. The molecule has 0 unspecified atom stereocenters. The smallest absolute Gasteiger partial charge is 0.211 e. The number of aromatic nitrogens is 1. The van der Waals surface area contributed by atoms with Crippen LogP contribution in [0.5, 0.6) is 0 Å². The van der Waals surface area contributed by atoms with E-state index in [4.69, 9.17) is 11.6 Å². The Hall–Kier alpha value is -1.13. The Labute approximate surface area is 90.0 Å². The van der Waals surface area contributed by atoms with Gasteiger partial charge >= 0.3 is 0 Å². The van der Waals surface area contributed by atoms with Gasteiger partial charge in [0.25, 0.3) is 0 Å². The average molecular weight is 226 g/mol. The van der Waals surface area contributed by atoms with Crippen LogP contribution in [0, 0.1) is 0 Å². The summed E-state index contributed by atoms with van der Waals surface area (Å²) < 4.78 is 3.01. The van der Waals surface area contributed by atoms with Crippen molar-refractivity contribution in [2.75, 3.05) is 0 Å². The van der Waals surface area contributed by atoms with Crippen LogP contribution < -0.4 is 4.80 Å². The number of benzene rings is 1. The summed E-state index contributed by atoms with van der Waals surface area (Å²) in [5.41, 5.74) is 0.988. The topological polar surface area (TPSA) is 29.6 Å². The zero-order valence-corrected chi connectivity index (χ0v) is 9.14. The number of aryl methyl sites for hydroxylation is 1. The number of rotatable bonds is 1. The summed E-state index contributed by atoms with van der Waals surface area (Å²) in [4.78, 5) is 0.795. The van der Waals surface area contributed by atoms with E-state index in [0.29, 0.717) is 0 Å². The zero-order valence-electron chi connectivity index (χ0n) is 7.57. The van der Waals surface area contributed by atoms with Crippen LogP contribution in [0.25, 0.3) is 10.2 Å². The Balaban J connectivity index is 2.94. The highest BCUT2D eigenvalue weighted by Crippen LogP contribution is 2.24. The van der Waals surface area contributed by atoms with Crippen LogP contribution in [0.3, 0.4) is 0 Å². The Morgan fingerprint density at radius 1 is 1.50 bits per heavy atom. The van der Waals surface area contributed by atoms with Crippen molar-refractivity contribution in [3.63, 3.8) is 0 Å². The third-order valence-electron chi connectivity index (χ3n) is 1.93. The first-order valence-electron chi connectivity index (χ1n) is 3.98. The average Bonchev–Trinajstić information content (AvgIpc) is 2.46. The Kier molecular flexibility index (Phi) is 2.39. The van der Waals surface area contributed by atoms with Crippen LogP contribution in [0.2, 0.25) is 5.02 Å². The van der Waals surface area contributed by atoms with Crippen LogP contribution in [0.4, 0.5) is 0 Å². The van der Waals surface area contributed by atoms with Gasteiger partial charge in [0.15, 0.2) is 0 Å². The second-order valence-corrected chi connectivity index (χ2v) is 4.19. The highest BCUT2D eigenvalue weighted by atomic mass is 35.5. The van der Waals surface area contributed by atoms with Gasteiger partial charge in [0.1, 0.15) is 0 Å². The van der Waals surface area contributed by atoms with Crippen LogP contribution in [-0.2, 0) is 7.05 Å². The van der Waals surface area contributed by atoms with Gasteiger partial charge in [0, 0.05) is 13.8 Å². The van der Waals surface area contributed by atoms with Gasteiger partial charge in [-0.3, -0.25) is 0 Å². The lowest BCUT2D eigenvalue weighted by molar-refractivity contribution is 0.890. The summed E-state index contributed by atoms with van der Waals surface area (Å²) in [6.45, 7) is 3.33. The monoisotopic (exact) mass is 225 g/mol.